The van der Waals surface area contributed by atoms with Crippen LogP contribution in [0.3, 0.4) is 0 Å². The molecule has 1 heterocycles. The van der Waals surface area contributed by atoms with E-state index >= 15 is 0 Å². The Kier molecular flexibility index (Phi) is 3.93. The molecule has 0 bridgehead atoms. The molecule has 78 valence electrons. The minimum atomic E-state index is 1.03. The highest BCUT2D eigenvalue weighted by Gasteiger charge is 2.07. The van der Waals surface area contributed by atoms with Crippen LogP contribution in [0.4, 0.5) is 5.82 Å². The van der Waals surface area contributed by atoms with Gasteiger partial charge in [-0.2, -0.15) is 0 Å². The van der Waals surface area contributed by atoms with Crippen molar-refractivity contribution in [3.63, 3.8) is 0 Å². The van der Waals surface area contributed by atoms with Gasteiger partial charge in [-0.05, 0) is 38.3 Å². The van der Waals surface area contributed by atoms with Crippen molar-refractivity contribution in [2.24, 2.45) is 0 Å². The van der Waals surface area contributed by atoms with Crippen LogP contribution in [0, 0.1) is 13.8 Å². The third-order valence-corrected chi connectivity index (χ3v) is 2.36. The minimum absolute atomic E-state index is 1.03. The van der Waals surface area contributed by atoms with Gasteiger partial charge in [-0.3, -0.25) is 0 Å². The first-order chi connectivity index (χ1) is 6.69. The second-order valence-electron chi connectivity index (χ2n) is 3.73. The fourth-order valence-electron chi connectivity index (χ4n) is 1.72. The normalized spacial score (nSPS) is 10.3. The van der Waals surface area contributed by atoms with Crippen LogP contribution in [0.25, 0.3) is 0 Å². The van der Waals surface area contributed by atoms with Gasteiger partial charge in [0.1, 0.15) is 5.82 Å². The number of anilines is 1. The van der Waals surface area contributed by atoms with Gasteiger partial charge in [-0.25, -0.2) is 4.98 Å². The summed E-state index contributed by atoms with van der Waals surface area (Å²) in [6.07, 6.45) is 3.11. The zero-order valence-corrected chi connectivity index (χ0v) is 9.67. The largest absolute Gasteiger partial charge is 0.357 e. The lowest BCUT2D eigenvalue weighted by Gasteiger charge is -2.23. The Hall–Kier alpha value is -1.05. The molecule has 14 heavy (non-hydrogen) atoms. The smallest absolute Gasteiger partial charge is 0.131 e. The van der Waals surface area contributed by atoms with Crippen LogP contribution in [0.5, 0.6) is 0 Å². The van der Waals surface area contributed by atoms with E-state index in [1.54, 1.807) is 0 Å². The summed E-state index contributed by atoms with van der Waals surface area (Å²) in [5.41, 5.74) is 2.51. The van der Waals surface area contributed by atoms with Gasteiger partial charge in [0.15, 0.2) is 0 Å². The summed E-state index contributed by atoms with van der Waals surface area (Å²) in [5, 5.41) is 0. The summed E-state index contributed by atoms with van der Waals surface area (Å²) in [5.74, 6) is 1.14. The van der Waals surface area contributed by atoms with Crippen LogP contribution in [0.1, 0.15) is 31.4 Å². The standard InChI is InChI=1S/C12H20N2/c1-5-7-14(6-2)12-11(4)8-10(3)9-13-12/h8-9H,5-7H2,1-4H3. The molecule has 0 N–H and O–H groups in total. The molecule has 1 rings (SSSR count). The number of pyridine rings is 1. The molecule has 0 radical (unpaired) electrons. The maximum atomic E-state index is 4.49. The lowest BCUT2D eigenvalue weighted by molar-refractivity contribution is 0.774. The second-order valence-corrected chi connectivity index (χ2v) is 3.73. The summed E-state index contributed by atoms with van der Waals surface area (Å²) in [6.45, 7) is 10.7. The fourth-order valence-corrected chi connectivity index (χ4v) is 1.72. The minimum Gasteiger partial charge on any atom is -0.357 e. The van der Waals surface area contributed by atoms with Crippen molar-refractivity contribution in [1.82, 2.24) is 4.98 Å². The molecule has 0 aromatic carbocycles. The van der Waals surface area contributed by atoms with Gasteiger partial charge in [0.25, 0.3) is 0 Å². The molecule has 0 aliphatic carbocycles. The molecule has 0 fully saturated rings. The second kappa shape index (κ2) is 4.99. The summed E-state index contributed by atoms with van der Waals surface area (Å²) in [6, 6.07) is 2.20. The summed E-state index contributed by atoms with van der Waals surface area (Å²) >= 11 is 0. The highest BCUT2D eigenvalue weighted by atomic mass is 15.2. The first-order valence-electron chi connectivity index (χ1n) is 5.37. The zero-order valence-electron chi connectivity index (χ0n) is 9.67. The third kappa shape index (κ3) is 2.47. The Morgan fingerprint density at radius 3 is 2.50 bits per heavy atom. The van der Waals surface area contributed by atoms with Crippen LogP contribution in [0.2, 0.25) is 0 Å². The Bertz CT molecular complexity index is 294. The number of aryl methyl sites for hydroxylation is 2. The van der Waals surface area contributed by atoms with E-state index < -0.39 is 0 Å². The summed E-state index contributed by atoms with van der Waals surface area (Å²) < 4.78 is 0. The van der Waals surface area contributed by atoms with E-state index in [1.165, 1.54) is 17.5 Å². The predicted molar refractivity (Wildman–Crippen MR) is 61.9 cm³/mol. The van der Waals surface area contributed by atoms with Crippen LogP contribution in [-0.2, 0) is 0 Å². The van der Waals surface area contributed by atoms with Gasteiger partial charge in [-0.1, -0.05) is 13.0 Å². The molecule has 0 spiro atoms. The molecule has 2 nitrogen and oxygen atoms in total. The van der Waals surface area contributed by atoms with Gasteiger partial charge in [0, 0.05) is 19.3 Å². The van der Waals surface area contributed by atoms with E-state index in [9.17, 15) is 0 Å². The molecular weight excluding hydrogens is 172 g/mol. The molecule has 0 unspecified atom stereocenters. The molecule has 0 atom stereocenters. The topological polar surface area (TPSA) is 16.1 Å². The van der Waals surface area contributed by atoms with Crippen molar-refractivity contribution in [2.75, 3.05) is 18.0 Å². The van der Waals surface area contributed by atoms with E-state index in [1.807, 2.05) is 6.20 Å². The van der Waals surface area contributed by atoms with Gasteiger partial charge < -0.3 is 4.90 Å². The fraction of sp³-hybridized carbons (Fsp3) is 0.583. The molecule has 0 aliphatic rings. The van der Waals surface area contributed by atoms with Crippen molar-refractivity contribution in [3.8, 4) is 0 Å². The van der Waals surface area contributed by atoms with Crippen LogP contribution in [0.15, 0.2) is 12.3 Å². The van der Waals surface area contributed by atoms with E-state index in [0.29, 0.717) is 0 Å². The van der Waals surface area contributed by atoms with Gasteiger partial charge in [0.05, 0.1) is 0 Å². The Morgan fingerprint density at radius 2 is 2.00 bits per heavy atom. The van der Waals surface area contributed by atoms with Crippen LogP contribution in [-0.4, -0.2) is 18.1 Å². The van der Waals surface area contributed by atoms with Gasteiger partial charge >= 0.3 is 0 Å². The average molecular weight is 192 g/mol. The number of hydrogen-bond acceptors (Lipinski definition) is 2. The summed E-state index contributed by atoms with van der Waals surface area (Å²) in [7, 11) is 0. The lowest BCUT2D eigenvalue weighted by Crippen LogP contribution is -2.25. The first kappa shape index (κ1) is 11.0. The highest BCUT2D eigenvalue weighted by molar-refractivity contribution is 5.46. The van der Waals surface area contributed by atoms with Crippen molar-refractivity contribution < 1.29 is 0 Å². The van der Waals surface area contributed by atoms with Crippen LogP contribution >= 0.6 is 0 Å². The van der Waals surface area contributed by atoms with Crippen molar-refractivity contribution in [3.05, 3.63) is 23.4 Å². The molecule has 1 aromatic heterocycles. The number of nitrogens with zero attached hydrogens (tertiary/aromatic N) is 2. The lowest BCUT2D eigenvalue weighted by atomic mass is 10.2. The number of aromatic nitrogens is 1. The van der Waals surface area contributed by atoms with Crippen LogP contribution < -0.4 is 4.90 Å². The van der Waals surface area contributed by atoms with Crippen molar-refractivity contribution in [2.45, 2.75) is 34.1 Å². The van der Waals surface area contributed by atoms with E-state index in [-0.39, 0.29) is 0 Å². The summed E-state index contributed by atoms with van der Waals surface area (Å²) in [4.78, 5) is 6.82. The van der Waals surface area contributed by atoms with E-state index in [2.05, 4.69) is 43.6 Å². The number of hydrogen-bond donors (Lipinski definition) is 0. The van der Waals surface area contributed by atoms with Gasteiger partial charge in [0.2, 0.25) is 0 Å². The Balaban J connectivity index is 2.92. The monoisotopic (exact) mass is 192 g/mol. The first-order valence-corrected chi connectivity index (χ1v) is 5.37. The Labute approximate surface area is 87.0 Å². The highest BCUT2D eigenvalue weighted by Crippen LogP contribution is 2.17. The average Bonchev–Trinajstić information content (AvgIpc) is 2.15. The molecule has 0 saturated carbocycles. The quantitative estimate of drug-likeness (QED) is 0.729. The maximum Gasteiger partial charge on any atom is 0.131 e. The molecule has 2 heteroatoms. The molecular formula is C12H20N2. The maximum absolute atomic E-state index is 4.49. The van der Waals surface area contributed by atoms with Crippen molar-refractivity contribution in [1.29, 1.82) is 0 Å². The number of rotatable bonds is 4. The van der Waals surface area contributed by atoms with Crippen molar-refractivity contribution >= 4 is 5.82 Å². The van der Waals surface area contributed by atoms with Gasteiger partial charge in [-0.15, -0.1) is 0 Å². The molecule has 0 aliphatic heterocycles. The Morgan fingerprint density at radius 1 is 1.29 bits per heavy atom. The molecule has 1 aromatic rings. The van der Waals surface area contributed by atoms with E-state index in [0.717, 1.165) is 18.9 Å². The zero-order chi connectivity index (χ0) is 10.6. The predicted octanol–water partition coefficient (Wildman–Crippen LogP) is 2.93. The van der Waals surface area contributed by atoms with E-state index in [4.69, 9.17) is 0 Å². The molecule has 0 saturated heterocycles. The third-order valence-electron chi connectivity index (χ3n) is 2.36. The molecule has 0 amide bonds. The SMILES string of the molecule is CCCN(CC)c1ncc(C)cc1C.